The molecule has 144 valence electrons. The molecule has 1 saturated heterocycles. The maximum Gasteiger partial charge on any atom is 0.152 e. The Morgan fingerprint density at radius 1 is 1.30 bits per heavy atom. The standard InChI is InChI=1S/C20H28N6O/c1-3-13-8-16(22-9-13)10-26-20-17(19(21)23-12-24-20)18(25-26)15-6-4-14(5-7-15)11-27-2/h4-7,12-13,16,20,22,25H,3,8-11H2,1-2H3,(H2,21,23,24). The van der Waals surface area contributed by atoms with E-state index in [1.165, 1.54) is 12.8 Å². The average Bonchev–Trinajstić information content (AvgIpc) is 3.29. The number of amidine groups is 1. The molecule has 4 N–H and O–H groups in total. The molecule has 0 saturated carbocycles. The number of hydrogen-bond acceptors (Lipinski definition) is 7. The minimum atomic E-state index is -0.126. The van der Waals surface area contributed by atoms with E-state index < -0.39 is 0 Å². The number of methoxy groups -OCH3 is 1. The largest absolute Gasteiger partial charge is 0.383 e. The molecule has 0 aromatic heterocycles. The summed E-state index contributed by atoms with van der Waals surface area (Å²) >= 11 is 0. The summed E-state index contributed by atoms with van der Waals surface area (Å²) in [6.07, 6.45) is 3.87. The van der Waals surface area contributed by atoms with Crippen molar-refractivity contribution in [3.63, 3.8) is 0 Å². The van der Waals surface area contributed by atoms with Gasteiger partial charge in [-0.2, -0.15) is 5.01 Å². The van der Waals surface area contributed by atoms with Crippen molar-refractivity contribution in [3.8, 4) is 0 Å². The second-order valence-corrected chi connectivity index (χ2v) is 7.45. The zero-order valence-electron chi connectivity index (χ0n) is 16.0. The van der Waals surface area contributed by atoms with E-state index in [0.29, 0.717) is 18.5 Å². The molecule has 0 bridgehead atoms. The SMILES string of the molecule is CCC1CNC(CN2NC(c3ccc(COC)cc3)=C3C(N)=NC=NC32)C1. The Hall–Kier alpha value is -2.22. The molecular formula is C20H28N6O. The molecule has 0 amide bonds. The first kappa shape index (κ1) is 18.2. The van der Waals surface area contributed by atoms with Gasteiger partial charge in [0.05, 0.1) is 17.9 Å². The first-order valence-corrected chi connectivity index (χ1v) is 9.64. The third kappa shape index (κ3) is 3.63. The third-order valence-electron chi connectivity index (χ3n) is 5.62. The fourth-order valence-corrected chi connectivity index (χ4v) is 4.08. The number of ether oxygens (including phenoxy) is 1. The highest BCUT2D eigenvalue weighted by molar-refractivity contribution is 6.09. The highest BCUT2D eigenvalue weighted by Crippen LogP contribution is 2.31. The number of hydrazine groups is 1. The Labute approximate surface area is 160 Å². The van der Waals surface area contributed by atoms with Gasteiger partial charge in [-0.05, 0) is 30.0 Å². The van der Waals surface area contributed by atoms with E-state index in [9.17, 15) is 0 Å². The number of fused-ring (bicyclic) bond motifs is 1. The lowest BCUT2D eigenvalue weighted by Gasteiger charge is -2.27. The van der Waals surface area contributed by atoms with Gasteiger partial charge in [-0.1, -0.05) is 37.6 Å². The zero-order valence-corrected chi connectivity index (χ0v) is 16.0. The number of nitrogens with zero attached hydrogens (tertiary/aromatic N) is 3. The molecule has 7 nitrogen and oxygen atoms in total. The van der Waals surface area contributed by atoms with Crippen LogP contribution in [-0.2, 0) is 11.3 Å². The second-order valence-electron chi connectivity index (χ2n) is 7.45. The van der Waals surface area contributed by atoms with Crippen molar-refractivity contribution in [2.24, 2.45) is 21.6 Å². The van der Waals surface area contributed by atoms with Gasteiger partial charge in [0, 0.05) is 19.7 Å². The molecule has 3 aliphatic rings. The molecule has 1 fully saturated rings. The second kappa shape index (κ2) is 7.80. The Morgan fingerprint density at radius 2 is 2.11 bits per heavy atom. The normalized spacial score (nSPS) is 27.6. The molecule has 3 atom stereocenters. The van der Waals surface area contributed by atoms with E-state index >= 15 is 0 Å². The van der Waals surface area contributed by atoms with Crippen LogP contribution in [0.25, 0.3) is 5.70 Å². The van der Waals surface area contributed by atoms with Gasteiger partial charge in [-0.3, -0.25) is 0 Å². The lowest BCUT2D eigenvalue weighted by Crippen LogP contribution is -2.47. The number of nitrogens with one attached hydrogen (secondary N) is 2. The van der Waals surface area contributed by atoms with E-state index in [2.05, 4.69) is 56.9 Å². The van der Waals surface area contributed by atoms with Crippen LogP contribution in [0.3, 0.4) is 0 Å². The van der Waals surface area contributed by atoms with Gasteiger partial charge < -0.3 is 21.2 Å². The molecular weight excluding hydrogens is 340 g/mol. The van der Waals surface area contributed by atoms with Crippen LogP contribution < -0.4 is 16.5 Å². The van der Waals surface area contributed by atoms with Crippen molar-refractivity contribution in [1.82, 2.24) is 15.8 Å². The predicted octanol–water partition coefficient (Wildman–Crippen LogP) is 1.48. The molecule has 7 heteroatoms. The number of aliphatic imine (C=N–C) groups is 2. The van der Waals surface area contributed by atoms with Gasteiger partial charge in [0.2, 0.25) is 0 Å². The Morgan fingerprint density at radius 3 is 2.81 bits per heavy atom. The number of hydrogen-bond donors (Lipinski definition) is 3. The lowest BCUT2D eigenvalue weighted by molar-refractivity contribution is 0.185. The highest BCUT2D eigenvalue weighted by Gasteiger charge is 2.38. The van der Waals surface area contributed by atoms with Crippen molar-refractivity contribution >= 4 is 17.9 Å². The van der Waals surface area contributed by atoms with Crippen molar-refractivity contribution < 1.29 is 4.74 Å². The van der Waals surface area contributed by atoms with Crippen LogP contribution >= 0.6 is 0 Å². The molecule has 3 aliphatic heterocycles. The van der Waals surface area contributed by atoms with Crippen LogP contribution in [0.2, 0.25) is 0 Å². The fourth-order valence-electron chi connectivity index (χ4n) is 4.08. The topological polar surface area (TPSA) is 87.3 Å². The maximum atomic E-state index is 6.24. The van der Waals surface area contributed by atoms with Crippen LogP contribution in [0, 0.1) is 5.92 Å². The van der Waals surface area contributed by atoms with Gasteiger partial charge in [0.25, 0.3) is 0 Å². The number of nitrogens with two attached hydrogens (primary N) is 1. The molecule has 1 aromatic carbocycles. The Balaban J connectivity index is 1.56. The van der Waals surface area contributed by atoms with Crippen molar-refractivity contribution in [1.29, 1.82) is 0 Å². The highest BCUT2D eigenvalue weighted by atomic mass is 16.5. The van der Waals surface area contributed by atoms with Gasteiger partial charge in [-0.15, -0.1) is 0 Å². The number of benzene rings is 1. The fraction of sp³-hybridized carbons (Fsp3) is 0.500. The Bertz CT molecular complexity index is 769. The minimum absolute atomic E-state index is 0.126. The first-order chi connectivity index (χ1) is 13.2. The first-order valence-electron chi connectivity index (χ1n) is 9.64. The van der Waals surface area contributed by atoms with Gasteiger partial charge in [0.15, 0.2) is 6.17 Å². The summed E-state index contributed by atoms with van der Waals surface area (Å²) in [7, 11) is 1.71. The molecule has 1 aromatic rings. The molecule has 4 rings (SSSR count). The van der Waals surface area contributed by atoms with E-state index in [0.717, 1.165) is 41.4 Å². The molecule has 27 heavy (non-hydrogen) atoms. The summed E-state index contributed by atoms with van der Waals surface area (Å²) in [4.78, 5) is 8.82. The molecule has 3 unspecified atom stereocenters. The summed E-state index contributed by atoms with van der Waals surface area (Å²) in [6, 6.07) is 8.81. The Kier molecular flexibility index (Phi) is 5.24. The van der Waals surface area contributed by atoms with E-state index in [-0.39, 0.29) is 6.17 Å². The van der Waals surface area contributed by atoms with Gasteiger partial charge in [-0.25, -0.2) is 9.98 Å². The van der Waals surface area contributed by atoms with Gasteiger partial charge >= 0.3 is 0 Å². The lowest BCUT2D eigenvalue weighted by atomic mass is 10.0. The molecule has 0 aliphatic carbocycles. The summed E-state index contributed by atoms with van der Waals surface area (Å²) < 4.78 is 5.20. The third-order valence-corrected chi connectivity index (χ3v) is 5.62. The number of rotatable bonds is 6. The molecule has 3 heterocycles. The maximum absolute atomic E-state index is 6.24. The van der Waals surface area contributed by atoms with Crippen molar-refractivity contribution in [2.75, 3.05) is 20.2 Å². The van der Waals surface area contributed by atoms with E-state index in [1.807, 2.05) is 0 Å². The van der Waals surface area contributed by atoms with Crippen molar-refractivity contribution in [2.45, 2.75) is 38.6 Å². The van der Waals surface area contributed by atoms with Crippen LogP contribution in [0.1, 0.15) is 30.9 Å². The van der Waals surface area contributed by atoms with Crippen molar-refractivity contribution in [3.05, 3.63) is 41.0 Å². The monoisotopic (exact) mass is 368 g/mol. The van der Waals surface area contributed by atoms with Crippen LogP contribution in [0.15, 0.2) is 39.8 Å². The smallest absolute Gasteiger partial charge is 0.152 e. The van der Waals surface area contributed by atoms with Gasteiger partial charge in [0.1, 0.15) is 12.2 Å². The summed E-state index contributed by atoms with van der Waals surface area (Å²) in [5.74, 6) is 1.30. The van der Waals surface area contributed by atoms with Crippen LogP contribution in [0.4, 0.5) is 0 Å². The van der Waals surface area contributed by atoms with E-state index in [4.69, 9.17) is 10.5 Å². The zero-order chi connectivity index (χ0) is 18.8. The molecule has 0 spiro atoms. The quantitative estimate of drug-likeness (QED) is 0.708. The summed E-state index contributed by atoms with van der Waals surface area (Å²) in [6.45, 7) is 4.84. The predicted molar refractivity (Wildman–Crippen MR) is 108 cm³/mol. The molecule has 0 radical (unpaired) electrons. The van der Waals surface area contributed by atoms with Crippen LogP contribution in [0.5, 0.6) is 0 Å². The minimum Gasteiger partial charge on any atom is -0.383 e. The summed E-state index contributed by atoms with van der Waals surface area (Å²) in [5.41, 5.74) is 14.0. The van der Waals surface area contributed by atoms with E-state index in [1.54, 1.807) is 13.4 Å². The van der Waals surface area contributed by atoms with Crippen LogP contribution in [-0.4, -0.2) is 49.6 Å². The average molecular weight is 368 g/mol. The summed E-state index contributed by atoms with van der Waals surface area (Å²) in [5, 5.41) is 5.82.